The summed E-state index contributed by atoms with van der Waals surface area (Å²) in [5.74, 6) is -1.00. The van der Waals surface area contributed by atoms with Crippen molar-refractivity contribution in [2.24, 2.45) is 0 Å². The summed E-state index contributed by atoms with van der Waals surface area (Å²) in [5.41, 5.74) is -1.02. The molecule has 0 aliphatic carbocycles. The SMILES string of the molecule is C[C@@H]1CN(C(=O)CN2C(=O)N[C@](C)(c3ccc(OC(F)F)cc3)C2=O)C[C@H](C)O1. The van der Waals surface area contributed by atoms with Crippen molar-refractivity contribution in [3.63, 3.8) is 0 Å². The minimum absolute atomic E-state index is 0.0632. The Morgan fingerprint density at radius 2 is 1.83 bits per heavy atom. The van der Waals surface area contributed by atoms with Crippen LogP contribution in [0.3, 0.4) is 0 Å². The van der Waals surface area contributed by atoms with Crippen molar-refractivity contribution in [3.8, 4) is 5.75 Å². The molecule has 3 atom stereocenters. The van der Waals surface area contributed by atoms with Gasteiger partial charge < -0.3 is 19.7 Å². The second-order valence-electron chi connectivity index (χ2n) is 7.41. The predicted molar refractivity (Wildman–Crippen MR) is 97.3 cm³/mol. The number of rotatable bonds is 5. The van der Waals surface area contributed by atoms with Crippen molar-refractivity contribution >= 4 is 17.8 Å². The van der Waals surface area contributed by atoms with Gasteiger partial charge in [-0.25, -0.2) is 4.79 Å². The second-order valence-corrected chi connectivity index (χ2v) is 7.41. The van der Waals surface area contributed by atoms with Crippen LogP contribution in [0.1, 0.15) is 26.3 Å². The zero-order chi connectivity index (χ0) is 21.3. The lowest BCUT2D eigenvalue weighted by Gasteiger charge is -2.35. The fraction of sp³-hybridized carbons (Fsp3) is 0.526. The van der Waals surface area contributed by atoms with Gasteiger partial charge in [-0.15, -0.1) is 0 Å². The molecule has 0 saturated carbocycles. The molecule has 3 rings (SSSR count). The molecule has 158 valence electrons. The number of alkyl halides is 2. The molecule has 29 heavy (non-hydrogen) atoms. The van der Waals surface area contributed by atoms with Gasteiger partial charge in [-0.1, -0.05) is 12.1 Å². The number of urea groups is 1. The molecule has 0 spiro atoms. The van der Waals surface area contributed by atoms with Gasteiger partial charge >= 0.3 is 12.6 Å². The molecule has 4 amide bonds. The Balaban J connectivity index is 1.72. The molecule has 10 heteroatoms. The van der Waals surface area contributed by atoms with E-state index in [1.807, 2.05) is 13.8 Å². The van der Waals surface area contributed by atoms with Crippen LogP contribution in [0.25, 0.3) is 0 Å². The van der Waals surface area contributed by atoms with Crippen molar-refractivity contribution in [1.29, 1.82) is 0 Å². The zero-order valence-electron chi connectivity index (χ0n) is 16.4. The molecular formula is C19H23F2N3O5. The summed E-state index contributed by atoms with van der Waals surface area (Å²) >= 11 is 0. The Morgan fingerprint density at radius 1 is 1.24 bits per heavy atom. The molecule has 1 N–H and O–H groups in total. The molecule has 0 unspecified atom stereocenters. The average molecular weight is 411 g/mol. The maximum atomic E-state index is 12.9. The van der Waals surface area contributed by atoms with Gasteiger partial charge in [0.25, 0.3) is 5.91 Å². The van der Waals surface area contributed by atoms with Crippen LogP contribution in [0.4, 0.5) is 13.6 Å². The van der Waals surface area contributed by atoms with Gasteiger partial charge in [0.1, 0.15) is 17.8 Å². The molecule has 2 aliphatic heterocycles. The third-order valence-corrected chi connectivity index (χ3v) is 5.00. The Hall–Kier alpha value is -2.75. The van der Waals surface area contributed by atoms with E-state index in [1.54, 1.807) is 4.90 Å². The van der Waals surface area contributed by atoms with Gasteiger partial charge in [0, 0.05) is 13.1 Å². The number of hydrogen-bond acceptors (Lipinski definition) is 5. The lowest BCUT2D eigenvalue weighted by Crippen LogP contribution is -2.52. The van der Waals surface area contributed by atoms with E-state index in [0.717, 1.165) is 4.90 Å². The average Bonchev–Trinajstić information content (AvgIpc) is 2.85. The molecule has 1 aromatic carbocycles. The Kier molecular flexibility index (Phi) is 5.74. The van der Waals surface area contributed by atoms with Crippen LogP contribution in [0.5, 0.6) is 5.75 Å². The summed E-state index contributed by atoms with van der Waals surface area (Å²) in [6.45, 7) is 2.62. The lowest BCUT2D eigenvalue weighted by molar-refractivity contribution is -0.146. The summed E-state index contributed by atoms with van der Waals surface area (Å²) in [7, 11) is 0. The number of nitrogens with one attached hydrogen (secondary N) is 1. The van der Waals surface area contributed by atoms with E-state index in [1.165, 1.54) is 31.2 Å². The maximum absolute atomic E-state index is 12.9. The monoisotopic (exact) mass is 411 g/mol. The number of morpholine rings is 1. The number of benzene rings is 1. The highest BCUT2D eigenvalue weighted by Crippen LogP contribution is 2.30. The topological polar surface area (TPSA) is 88.2 Å². The molecule has 0 aromatic heterocycles. The van der Waals surface area contributed by atoms with Gasteiger partial charge in [0.2, 0.25) is 5.91 Å². The summed E-state index contributed by atoms with van der Waals surface area (Å²) < 4.78 is 34.5. The van der Waals surface area contributed by atoms with Crippen LogP contribution < -0.4 is 10.1 Å². The summed E-state index contributed by atoms with van der Waals surface area (Å²) in [5, 5.41) is 2.59. The van der Waals surface area contributed by atoms with Crippen LogP contribution in [0, 0.1) is 0 Å². The van der Waals surface area contributed by atoms with E-state index in [0.29, 0.717) is 18.7 Å². The van der Waals surface area contributed by atoms with Gasteiger partial charge in [0.05, 0.1) is 12.2 Å². The number of ether oxygens (including phenoxy) is 2. The quantitative estimate of drug-likeness (QED) is 0.745. The smallest absolute Gasteiger partial charge is 0.387 e. The number of amides is 4. The van der Waals surface area contributed by atoms with Crippen molar-refractivity contribution in [2.45, 2.75) is 45.1 Å². The highest BCUT2D eigenvalue weighted by molar-refractivity contribution is 6.09. The number of carbonyl (C=O) groups excluding carboxylic acids is 3. The maximum Gasteiger partial charge on any atom is 0.387 e. The van der Waals surface area contributed by atoms with Crippen LogP contribution in [-0.2, 0) is 19.9 Å². The largest absolute Gasteiger partial charge is 0.435 e. The zero-order valence-corrected chi connectivity index (χ0v) is 16.4. The molecule has 0 bridgehead atoms. The van der Waals surface area contributed by atoms with E-state index >= 15 is 0 Å². The van der Waals surface area contributed by atoms with Crippen molar-refractivity contribution in [2.75, 3.05) is 19.6 Å². The van der Waals surface area contributed by atoms with Crippen molar-refractivity contribution in [1.82, 2.24) is 15.1 Å². The van der Waals surface area contributed by atoms with E-state index in [4.69, 9.17) is 4.74 Å². The summed E-state index contributed by atoms with van der Waals surface area (Å²) in [6, 6.07) is 4.74. The van der Waals surface area contributed by atoms with Gasteiger partial charge in [0.15, 0.2) is 0 Å². The number of hydrogen-bond donors (Lipinski definition) is 1. The fourth-order valence-corrected chi connectivity index (χ4v) is 3.62. The van der Waals surface area contributed by atoms with Crippen LogP contribution >= 0.6 is 0 Å². The van der Waals surface area contributed by atoms with Crippen LogP contribution in [-0.4, -0.2) is 66.1 Å². The molecule has 8 nitrogen and oxygen atoms in total. The first-order valence-electron chi connectivity index (χ1n) is 9.23. The van der Waals surface area contributed by atoms with E-state index in [2.05, 4.69) is 10.1 Å². The molecule has 2 saturated heterocycles. The number of imide groups is 1. The number of carbonyl (C=O) groups is 3. The molecule has 0 radical (unpaired) electrons. The standard InChI is InChI=1S/C19H23F2N3O5/c1-11-8-23(9-12(2)28-11)15(25)10-24-16(26)19(3,22-18(24)27)13-4-6-14(7-5-13)29-17(20)21/h4-7,11-12,17H,8-10H2,1-3H3,(H,22,27)/t11-,12+,19-/m1/s1. The normalized spacial score (nSPS) is 27.4. The number of halogens is 2. The summed E-state index contributed by atoms with van der Waals surface area (Å²) in [6.07, 6.45) is -0.268. The van der Waals surface area contributed by atoms with Crippen LogP contribution in [0.2, 0.25) is 0 Å². The van der Waals surface area contributed by atoms with E-state index < -0.39 is 24.1 Å². The fourth-order valence-electron chi connectivity index (χ4n) is 3.62. The summed E-state index contributed by atoms with van der Waals surface area (Å²) in [4.78, 5) is 40.4. The van der Waals surface area contributed by atoms with Gasteiger partial charge in [-0.05, 0) is 38.5 Å². The van der Waals surface area contributed by atoms with Crippen LogP contribution in [0.15, 0.2) is 24.3 Å². The first-order valence-corrected chi connectivity index (χ1v) is 9.23. The third kappa shape index (κ3) is 4.31. The Labute approximate surface area is 166 Å². The number of nitrogens with zero attached hydrogens (tertiary/aromatic N) is 2. The first-order chi connectivity index (χ1) is 13.6. The van der Waals surface area contributed by atoms with Crippen molar-refractivity contribution in [3.05, 3.63) is 29.8 Å². The van der Waals surface area contributed by atoms with Gasteiger partial charge in [-0.2, -0.15) is 8.78 Å². The predicted octanol–water partition coefficient (Wildman–Crippen LogP) is 1.69. The van der Waals surface area contributed by atoms with E-state index in [9.17, 15) is 23.2 Å². The molecule has 2 fully saturated rings. The van der Waals surface area contributed by atoms with Crippen molar-refractivity contribution < 1.29 is 32.6 Å². The highest BCUT2D eigenvalue weighted by Gasteiger charge is 2.49. The minimum Gasteiger partial charge on any atom is -0.435 e. The molecule has 2 aliphatic rings. The minimum atomic E-state index is -2.96. The van der Waals surface area contributed by atoms with E-state index in [-0.39, 0.29) is 30.4 Å². The molecular weight excluding hydrogens is 388 g/mol. The Bertz CT molecular complexity index is 794. The first kappa shape index (κ1) is 21.0. The third-order valence-electron chi connectivity index (χ3n) is 5.00. The second kappa shape index (κ2) is 7.94. The molecule has 2 heterocycles. The lowest BCUT2D eigenvalue weighted by atomic mass is 9.92. The highest BCUT2D eigenvalue weighted by atomic mass is 19.3. The Morgan fingerprint density at radius 3 is 2.38 bits per heavy atom. The molecule has 1 aromatic rings. The van der Waals surface area contributed by atoms with Gasteiger partial charge in [-0.3, -0.25) is 14.5 Å².